The van der Waals surface area contributed by atoms with Gasteiger partial charge in [-0.05, 0) is 25.1 Å². The van der Waals surface area contributed by atoms with Gasteiger partial charge in [0.1, 0.15) is 5.75 Å². The van der Waals surface area contributed by atoms with Crippen molar-refractivity contribution in [2.45, 2.75) is 13.5 Å². The molecule has 1 aromatic rings. The molecular formula is C11H15NO4. The molecule has 1 aromatic carbocycles. The Morgan fingerprint density at radius 1 is 1.50 bits per heavy atom. The third kappa shape index (κ3) is 3.13. The Labute approximate surface area is 94.0 Å². The van der Waals surface area contributed by atoms with Crippen LogP contribution in [-0.2, 0) is 11.3 Å². The van der Waals surface area contributed by atoms with Crippen LogP contribution in [0.4, 0.5) is 10.5 Å². The molecule has 0 aliphatic heterocycles. The van der Waals surface area contributed by atoms with E-state index in [1.165, 1.54) is 7.11 Å². The van der Waals surface area contributed by atoms with Crippen molar-refractivity contribution < 1.29 is 19.4 Å². The van der Waals surface area contributed by atoms with Crippen molar-refractivity contribution in [3.8, 4) is 5.75 Å². The zero-order valence-corrected chi connectivity index (χ0v) is 9.32. The molecule has 1 amide bonds. The second-order valence-electron chi connectivity index (χ2n) is 3.03. The molecule has 0 aliphatic carbocycles. The molecule has 0 bridgehead atoms. The van der Waals surface area contributed by atoms with E-state index in [0.717, 1.165) is 0 Å². The van der Waals surface area contributed by atoms with Crippen LogP contribution >= 0.6 is 0 Å². The first-order valence-corrected chi connectivity index (χ1v) is 4.92. The average Bonchev–Trinajstić information content (AvgIpc) is 2.31. The number of methoxy groups -OCH3 is 1. The first kappa shape index (κ1) is 12.3. The largest absolute Gasteiger partial charge is 0.494 e. The summed E-state index contributed by atoms with van der Waals surface area (Å²) in [6.45, 7) is 2.24. The van der Waals surface area contributed by atoms with Gasteiger partial charge in [0.2, 0.25) is 0 Å². The highest BCUT2D eigenvalue weighted by Gasteiger charge is 2.06. The average molecular weight is 225 g/mol. The van der Waals surface area contributed by atoms with E-state index >= 15 is 0 Å². The van der Waals surface area contributed by atoms with Gasteiger partial charge in [-0.25, -0.2) is 4.79 Å². The Morgan fingerprint density at radius 2 is 2.25 bits per heavy atom. The molecule has 0 fully saturated rings. The summed E-state index contributed by atoms with van der Waals surface area (Å²) in [6.07, 6.45) is -0.548. The number of hydrogen-bond donors (Lipinski definition) is 2. The second kappa shape index (κ2) is 5.97. The minimum Gasteiger partial charge on any atom is -0.494 e. The second-order valence-corrected chi connectivity index (χ2v) is 3.03. The molecule has 1 rings (SSSR count). The van der Waals surface area contributed by atoms with Crippen LogP contribution in [0.2, 0.25) is 0 Å². The van der Waals surface area contributed by atoms with Crippen LogP contribution in [0.25, 0.3) is 0 Å². The molecule has 0 radical (unpaired) electrons. The predicted octanol–water partition coefficient (Wildman–Crippen LogP) is 1.76. The number of carbonyl (C=O) groups excluding carboxylic acids is 1. The fourth-order valence-electron chi connectivity index (χ4n) is 1.25. The van der Waals surface area contributed by atoms with E-state index in [0.29, 0.717) is 23.6 Å². The Bertz CT molecular complexity index is 365. The van der Waals surface area contributed by atoms with Crippen LogP contribution in [0.5, 0.6) is 5.75 Å². The third-order valence-electron chi connectivity index (χ3n) is 1.96. The molecule has 2 N–H and O–H groups in total. The predicted molar refractivity (Wildman–Crippen MR) is 59.6 cm³/mol. The zero-order chi connectivity index (χ0) is 12.0. The Balaban J connectivity index is 2.86. The van der Waals surface area contributed by atoms with Gasteiger partial charge >= 0.3 is 6.09 Å². The van der Waals surface area contributed by atoms with E-state index in [2.05, 4.69) is 10.1 Å². The Hall–Kier alpha value is -1.75. The molecule has 5 heteroatoms. The number of benzene rings is 1. The number of nitrogens with one attached hydrogen (secondary N) is 1. The lowest BCUT2D eigenvalue weighted by Crippen LogP contribution is -2.11. The highest BCUT2D eigenvalue weighted by molar-refractivity contribution is 5.84. The van der Waals surface area contributed by atoms with Gasteiger partial charge in [0.15, 0.2) is 0 Å². The highest BCUT2D eigenvalue weighted by atomic mass is 16.5. The van der Waals surface area contributed by atoms with Crippen molar-refractivity contribution in [1.29, 1.82) is 0 Å². The summed E-state index contributed by atoms with van der Waals surface area (Å²) >= 11 is 0. The summed E-state index contributed by atoms with van der Waals surface area (Å²) in [4.78, 5) is 11.0. The van der Waals surface area contributed by atoms with Crippen LogP contribution in [0.15, 0.2) is 18.2 Å². The first-order chi connectivity index (χ1) is 7.71. The lowest BCUT2D eigenvalue weighted by Gasteiger charge is -2.10. The van der Waals surface area contributed by atoms with Gasteiger partial charge in [0.05, 0.1) is 20.3 Å². The molecular weight excluding hydrogens is 210 g/mol. The minimum atomic E-state index is -0.548. The summed E-state index contributed by atoms with van der Waals surface area (Å²) in [5, 5.41) is 11.6. The first-order valence-electron chi connectivity index (χ1n) is 4.92. The maximum Gasteiger partial charge on any atom is 0.411 e. The SMILES string of the molecule is CCOc1ccc(NC(=O)OC)cc1CO. The standard InChI is InChI=1S/C11H15NO4/c1-3-16-10-5-4-9(6-8(10)7-13)12-11(14)15-2/h4-6,13H,3,7H2,1-2H3,(H,12,14). The summed E-state index contributed by atoms with van der Waals surface area (Å²) in [7, 11) is 1.29. The third-order valence-corrected chi connectivity index (χ3v) is 1.96. The molecule has 0 aliphatic rings. The molecule has 0 aromatic heterocycles. The van der Waals surface area contributed by atoms with E-state index in [9.17, 15) is 4.79 Å². The van der Waals surface area contributed by atoms with E-state index in [1.54, 1.807) is 18.2 Å². The van der Waals surface area contributed by atoms with Gasteiger partial charge in [-0.1, -0.05) is 0 Å². The van der Waals surface area contributed by atoms with Crippen LogP contribution < -0.4 is 10.1 Å². The molecule has 0 spiro atoms. The summed E-state index contributed by atoms with van der Waals surface area (Å²) in [5.41, 5.74) is 1.18. The van der Waals surface area contributed by atoms with E-state index in [4.69, 9.17) is 9.84 Å². The number of aliphatic hydroxyl groups is 1. The van der Waals surface area contributed by atoms with E-state index in [-0.39, 0.29) is 6.61 Å². The van der Waals surface area contributed by atoms with Crippen molar-refractivity contribution in [1.82, 2.24) is 0 Å². The molecule has 0 saturated heterocycles. The molecule has 5 nitrogen and oxygen atoms in total. The van der Waals surface area contributed by atoms with Crippen molar-refractivity contribution in [3.63, 3.8) is 0 Å². The van der Waals surface area contributed by atoms with Crippen LogP contribution in [-0.4, -0.2) is 24.9 Å². The number of carbonyl (C=O) groups is 1. The van der Waals surface area contributed by atoms with Gasteiger partial charge in [-0.15, -0.1) is 0 Å². The molecule has 0 saturated carbocycles. The van der Waals surface area contributed by atoms with Crippen LogP contribution in [0.3, 0.4) is 0 Å². The molecule has 0 heterocycles. The van der Waals surface area contributed by atoms with Gasteiger partial charge in [-0.2, -0.15) is 0 Å². The fourth-order valence-corrected chi connectivity index (χ4v) is 1.25. The lowest BCUT2D eigenvalue weighted by atomic mass is 10.2. The summed E-state index contributed by atoms with van der Waals surface area (Å²) < 4.78 is 9.77. The maximum absolute atomic E-state index is 11.0. The number of anilines is 1. The van der Waals surface area contributed by atoms with Gasteiger partial charge in [0, 0.05) is 11.3 Å². The topological polar surface area (TPSA) is 67.8 Å². The van der Waals surface area contributed by atoms with Gasteiger partial charge < -0.3 is 14.6 Å². The smallest absolute Gasteiger partial charge is 0.411 e. The highest BCUT2D eigenvalue weighted by Crippen LogP contribution is 2.23. The molecule has 0 unspecified atom stereocenters. The molecule has 88 valence electrons. The minimum absolute atomic E-state index is 0.147. The Morgan fingerprint density at radius 3 is 2.81 bits per heavy atom. The summed E-state index contributed by atoms with van der Waals surface area (Å²) in [5.74, 6) is 0.611. The van der Waals surface area contributed by atoms with Gasteiger partial charge in [0.25, 0.3) is 0 Å². The van der Waals surface area contributed by atoms with Crippen molar-refractivity contribution >= 4 is 11.8 Å². The van der Waals surface area contributed by atoms with Crippen molar-refractivity contribution in [2.24, 2.45) is 0 Å². The quantitative estimate of drug-likeness (QED) is 0.819. The lowest BCUT2D eigenvalue weighted by molar-refractivity contribution is 0.187. The van der Waals surface area contributed by atoms with Crippen molar-refractivity contribution in [2.75, 3.05) is 19.0 Å². The normalized spacial score (nSPS) is 9.69. The number of amides is 1. The van der Waals surface area contributed by atoms with Crippen LogP contribution in [0.1, 0.15) is 12.5 Å². The number of rotatable bonds is 4. The van der Waals surface area contributed by atoms with E-state index < -0.39 is 6.09 Å². The molecule has 16 heavy (non-hydrogen) atoms. The Kier molecular flexibility index (Phi) is 4.60. The zero-order valence-electron chi connectivity index (χ0n) is 9.32. The number of aliphatic hydroxyl groups excluding tert-OH is 1. The van der Waals surface area contributed by atoms with Gasteiger partial charge in [-0.3, -0.25) is 5.32 Å². The maximum atomic E-state index is 11.0. The van der Waals surface area contributed by atoms with Crippen LogP contribution in [0, 0.1) is 0 Å². The molecule has 0 atom stereocenters. The van der Waals surface area contributed by atoms with Crippen molar-refractivity contribution in [3.05, 3.63) is 23.8 Å². The number of ether oxygens (including phenoxy) is 2. The van der Waals surface area contributed by atoms with E-state index in [1.807, 2.05) is 6.92 Å². The summed E-state index contributed by atoms with van der Waals surface area (Å²) in [6, 6.07) is 5.02. The fraction of sp³-hybridized carbons (Fsp3) is 0.364. The number of hydrogen-bond acceptors (Lipinski definition) is 4. The monoisotopic (exact) mass is 225 g/mol.